The average molecular weight is 436 g/mol. The van der Waals surface area contributed by atoms with Gasteiger partial charge in [0.2, 0.25) is 0 Å². The zero-order chi connectivity index (χ0) is 22.5. The molecule has 162 valence electrons. The zero-order valence-corrected chi connectivity index (χ0v) is 16.9. The first kappa shape index (κ1) is 20.5. The van der Waals surface area contributed by atoms with E-state index in [9.17, 15) is 22.8 Å². The van der Waals surface area contributed by atoms with Crippen LogP contribution in [0.25, 0.3) is 0 Å². The van der Waals surface area contributed by atoms with E-state index in [1.165, 1.54) is 18.2 Å². The fourth-order valence-corrected chi connectivity index (χ4v) is 5.17. The summed E-state index contributed by atoms with van der Waals surface area (Å²) >= 11 is 0. The van der Waals surface area contributed by atoms with Gasteiger partial charge in [-0.15, -0.1) is 0 Å². The quantitative estimate of drug-likeness (QED) is 0.368. The van der Waals surface area contributed by atoms with Gasteiger partial charge in [0, 0.05) is 29.4 Å². The Morgan fingerprint density at radius 2 is 1.38 bits per heavy atom. The van der Waals surface area contributed by atoms with Crippen molar-refractivity contribution in [1.29, 1.82) is 0 Å². The van der Waals surface area contributed by atoms with Crippen LogP contribution in [-0.4, -0.2) is 11.8 Å². The largest absolute Gasteiger partial charge is 0.457 e. The van der Waals surface area contributed by atoms with E-state index in [1.807, 2.05) is 24.3 Å². The van der Waals surface area contributed by atoms with Crippen LogP contribution >= 0.6 is 0 Å². The Bertz CT molecular complexity index is 1190. The topological polar surface area (TPSA) is 43.4 Å². The van der Waals surface area contributed by atoms with Crippen molar-refractivity contribution in [1.82, 2.24) is 0 Å². The lowest BCUT2D eigenvalue weighted by molar-refractivity contribution is -0.147. The van der Waals surface area contributed by atoms with Crippen LogP contribution in [0.4, 0.5) is 13.2 Å². The van der Waals surface area contributed by atoms with E-state index >= 15 is 0 Å². The van der Waals surface area contributed by atoms with Gasteiger partial charge in [-0.1, -0.05) is 72.8 Å². The number of hydrogen-bond donors (Lipinski definition) is 0. The predicted molar refractivity (Wildman–Crippen MR) is 111 cm³/mol. The summed E-state index contributed by atoms with van der Waals surface area (Å²) in [6, 6.07) is 21.3. The van der Waals surface area contributed by atoms with E-state index in [-0.39, 0.29) is 17.8 Å². The van der Waals surface area contributed by atoms with Crippen molar-refractivity contribution in [3.05, 3.63) is 107 Å². The maximum atomic E-state index is 13.7. The number of carbonyl (C=O) groups is 2. The highest BCUT2D eigenvalue weighted by Gasteiger charge is 2.56. The molecule has 0 N–H and O–H groups in total. The first-order chi connectivity index (χ1) is 15.4. The Balaban J connectivity index is 1.56. The SMILES string of the molecule is O=C(C[C@H]1c2ccccc2[C@@H]2[C@H]1C(=O)O[C@@H]2c1ccccc1C(F)(F)F)c1ccccc1. The minimum atomic E-state index is -4.57. The lowest BCUT2D eigenvalue weighted by atomic mass is 9.81. The first-order valence-electron chi connectivity index (χ1n) is 10.4. The van der Waals surface area contributed by atoms with Crippen LogP contribution in [-0.2, 0) is 15.7 Å². The second-order valence-electron chi connectivity index (χ2n) is 8.22. The molecule has 3 nitrogen and oxygen atoms in total. The molecule has 2 aliphatic rings. The van der Waals surface area contributed by atoms with Crippen LogP contribution < -0.4 is 0 Å². The maximum Gasteiger partial charge on any atom is 0.416 e. The molecule has 3 aromatic carbocycles. The lowest BCUT2D eigenvalue weighted by Gasteiger charge is -2.22. The van der Waals surface area contributed by atoms with Gasteiger partial charge in [-0.25, -0.2) is 0 Å². The fourth-order valence-electron chi connectivity index (χ4n) is 5.17. The smallest absolute Gasteiger partial charge is 0.416 e. The third-order valence-corrected chi connectivity index (χ3v) is 6.49. The number of hydrogen-bond acceptors (Lipinski definition) is 3. The standard InChI is InChI=1S/C26H19F3O3/c27-26(28,29)20-13-7-6-12-18(20)24-22-17-11-5-4-10-16(17)19(23(22)25(31)32-24)14-21(30)15-8-2-1-3-9-15/h1-13,19,22-24H,14H2/t19-,22+,23-,24+/m0/s1. The summed E-state index contributed by atoms with van der Waals surface area (Å²) in [4.78, 5) is 25.9. The first-order valence-corrected chi connectivity index (χ1v) is 10.4. The number of ether oxygens (including phenoxy) is 1. The number of benzene rings is 3. The van der Waals surface area contributed by atoms with Crippen molar-refractivity contribution in [3.63, 3.8) is 0 Å². The molecule has 0 spiro atoms. The molecule has 1 aliphatic carbocycles. The Hall–Kier alpha value is -3.41. The monoisotopic (exact) mass is 436 g/mol. The molecule has 4 atom stereocenters. The fraction of sp³-hybridized carbons (Fsp3) is 0.231. The number of alkyl halides is 3. The van der Waals surface area contributed by atoms with Crippen molar-refractivity contribution in [2.45, 2.75) is 30.5 Å². The summed E-state index contributed by atoms with van der Waals surface area (Å²) in [5.41, 5.74) is 1.29. The highest BCUT2D eigenvalue weighted by Crippen LogP contribution is 2.59. The zero-order valence-electron chi connectivity index (χ0n) is 16.9. The number of ketones is 1. The van der Waals surface area contributed by atoms with Crippen LogP contribution in [0.15, 0.2) is 78.9 Å². The summed E-state index contributed by atoms with van der Waals surface area (Å²) in [5.74, 6) is -2.39. The molecular weight excluding hydrogens is 417 g/mol. The molecule has 0 amide bonds. The number of esters is 1. The Kier molecular flexibility index (Phi) is 4.88. The van der Waals surface area contributed by atoms with E-state index < -0.39 is 41.6 Å². The Morgan fingerprint density at radius 3 is 2.06 bits per heavy atom. The normalized spacial score (nSPS) is 24.0. The number of cyclic esters (lactones) is 1. The molecule has 32 heavy (non-hydrogen) atoms. The molecule has 1 fully saturated rings. The number of rotatable bonds is 4. The third kappa shape index (κ3) is 3.30. The maximum absolute atomic E-state index is 13.7. The van der Waals surface area contributed by atoms with Gasteiger partial charge >= 0.3 is 12.1 Å². The minimum absolute atomic E-state index is 0.0503. The van der Waals surface area contributed by atoms with Crippen LogP contribution in [0, 0.1) is 5.92 Å². The van der Waals surface area contributed by atoms with Crippen molar-refractivity contribution in [3.8, 4) is 0 Å². The van der Waals surface area contributed by atoms with Gasteiger partial charge in [0.1, 0.15) is 6.10 Å². The van der Waals surface area contributed by atoms with Gasteiger partial charge in [0.05, 0.1) is 11.5 Å². The summed E-state index contributed by atoms with van der Waals surface area (Å²) in [7, 11) is 0. The van der Waals surface area contributed by atoms with Crippen LogP contribution in [0.1, 0.15) is 57.0 Å². The van der Waals surface area contributed by atoms with Gasteiger partial charge < -0.3 is 4.74 Å². The molecule has 0 radical (unpaired) electrons. The highest BCUT2D eigenvalue weighted by molar-refractivity contribution is 5.97. The molecule has 0 bridgehead atoms. The molecular formula is C26H19F3O3. The summed E-state index contributed by atoms with van der Waals surface area (Å²) in [6.45, 7) is 0. The van der Waals surface area contributed by atoms with Crippen molar-refractivity contribution < 1.29 is 27.5 Å². The van der Waals surface area contributed by atoms with Gasteiger partial charge in [-0.3, -0.25) is 9.59 Å². The Labute approximate surface area is 182 Å². The Morgan fingerprint density at radius 1 is 0.781 bits per heavy atom. The molecule has 0 unspecified atom stereocenters. The van der Waals surface area contributed by atoms with Crippen molar-refractivity contribution >= 4 is 11.8 Å². The number of carbonyl (C=O) groups excluding carboxylic acids is 2. The van der Waals surface area contributed by atoms with Crippen LogP contribution in [0.5, 0.6) is 0 Å². The van der Waals surface area contributed by atoms with E-state index in [0.29, 0.717) is 5.56 Å². The molecule has 5 rings (SSSR count). The van der Waals surface area contributed by atoms with Gasteiger partial charge in [-0.05, 0) is 17.2 Å². The molecule has 1 saturated heterocycles. The van der Waals surface area contributed by atoms with Crippen molar-refractivity contribution in [2.24, 2.45) is 5.92 Å². The van der Waals surface area contributed by atoms with Gasteiger partial charge in [-0.2, -0.15) is 13.2 Å². The third-order valence-electron chi connectivity index (χ3n) is 6.49. The molecule has 1 aliphatic heterocycles. The molecule has 3 aromatic rings. The van der Waals surface area contributed by atoms with E-state index in [2.05, 4.69) is 0 Å². The second kappa shape index (κ2) is 7.62. The molecule has 1 heterocycles. The number of fused-ring (bicyclic) bond motifs is 3. The molecule has 6 heteroatoms. The highest BCUT2D eigenvalue weighted by atomic mass is 19.4. The van der Waals surface area contributed by atoms with Gasteiger partial charge in [0.25, 0.3) is 0 Å². The van der Waals surface area contributed by atoms with Crippen LogP contribution in [0.3, 0.4) is 0 Å². The van der Waals surface area contributed by atoms with E-state index in [1.54, 1.807) is 30.3 Å². The lowest BCUT2D eigenvalue weighted by Crippen LogP contribution is -2.19. The summed E-state index contributed by atoms with van der Waals surface area (Å²) in [6.07, 6.45) is -5.53. The average Bonchev–Trinajstić information content (AvgIpc) is 3.30. The van der Waals surface area contributed by atoms with E-state index in [0.717, 1.165) is 17.2 Å². The number of Topliss-reactive ketones (excluding diaryl/α,β-unsaturated/α-hetero) is 1. The molecule has 0 saturated carbocycles. The second-order valence-corrected chi connectivity index (χ2v) is 8.22. The minimum Gasteiger partial charge on any atom is -0.457 e. The summed E-state index contributed by atoms with van der Waals surface area (Å²) < 4.78 is 46.6. The summed E-state index contributed by atoms with van der Waals surface area (Å²) in [5, 5.41) is 0. The predicted octanol–water partition coefficient (Wildman–Crippen LogP) is 6.07. The van der Waals surface area contributed by atoms with E-state index in [4.69, 9.17) is 4.74 Å². The van der Waals surface area contributed by atoms with Crippen molar-refractivity contribution in [2.75, 3.05) is 0 Å². The van der Waals surface area contributed by atoms with Gasteiger partial charge in [0.15, 0.2) is 5.78 Å². The van der Waals surface area contributed by atoms with Crippen LogP contribution in [0.2, 0.25) is 0 Å². The number of halogens is 3. The molecule has 0 aromatic heterocycles.